The molecule has 2 N–H and O–H groups in total. The first-order valence-electron chi connectivity index (χ1n) is 5.47. The Morgan fingerprint density at radius 3 is 2.75 bits per heavy atom. The van der Waals surface area contributed by atoms with Gasteiger partial charge >= 0.3 is 5.97 Å². The molecule has 0 spiro atoms. The first-order valence-corrected chi connectivity index (χ1v) is 8.73. The predicted molar refractivity (Wildman–Crippen MR) is 76.2 cm³/mol. The summed E-state index contributed by atoms with van der Waals surface area (Å²) < 4.78 is 39.7. The van der Waals surface area contributed by atoms with Crippen molar-refractivity contribution in [1.29, 1.82) is 0 Å². The second kappa shape index (κ2) is 7.26. The molecule has 1 rings (SSSR count). The summed E-state index contributed by atoms with van der Waals surface area (Å²) in [7, 11) is -4.29. The van der Waals surface area contributed by atoms with Crippen molar-refractivity contribution >= 4 is 39.4 Å². The Morgan fingerprint density at radius 1 is 1.55 bits per heavy atom. The third-order valence-electron chi connectivity index (χ3n) is 2.41. The Bertz CT molecular complexity index is 594. The highest BCUT2D eigenvalue weighted by Gasteiger charge is 2.27. The minimum atomic E-state index is -4.29. The zero-order chi connectivity index (χ0) is 15.3. The van der Waals surface area contributed by atoms with Gasteiger partial charge in [0.1, 0.15) is 10.9 Å². The van der Waals surface area contributed by atoms with Gasteiger partial charge in [0.05, 0.1) is 5.02 Å². The molecule has 0 aliphatic heterocycles. The Morgan fingerprint density at radius 2 is 2.20 bits per heavy atom. The number of carbonyl (C=O) groups is 1. The van der Waals surface area contributed by atoms with Crippen molar-refractivity contribution < 1.29 is 22.7 Å². The third-order valence-corrected chi connectivity index (χ3v) is 4.84. The fourth-order valence-corrected chi connectivity index (χ4v) is 3.44. The van der Waals surface area contributed by atoms with Crippen LogP contribution in [0.25, 0.3) is 0 Å². The van der Waals surface area contributed by atoms with Gasteiger partial charge < -0.3 is 5.11 Å². The summed E-state index contributed by atoms with van der Waals surface area (Å²) in [6.07, 6.45) is 1.86. The number of sulfonamides is 1. The third kappa shape index (κ3) is 4.34. The molecule has 0 saturated carbocycles. The SMILES string of the molecule is CSCC[C@H](NS(=O)(=O)c1cccc(Cl)c1F)C(=O)O. The van der Waals surface area contributed by atoms with Crippen molar-refractivity contribution in [3.63, 3.8) is 0 Å². The average molecular weight is 342 g/mol. The van der Waals surface area contributed by atoms with E-state index in [4.69, 9.17) is 16.7 Å². The van der Waals surface area contributed by atoms with E-state index in [0.717, 1.165) is 6.07 Å². The van der Waals surface area contributed by atoms with Gasteiger partial charge in [-0.2, -0.15) is 16.5 Å². The Balaban J connectivity index is 3.04. The fourth-order valence-electron chi connectivity index (χ4n) is 1.41. The molecule has 0 saturated heterocycles. The monoisotopic (exact) mass is 341 g/mol. The largest absolute Gasteiger partial charge is 0.480 e. The lowest BCUT2D eigenvalue weighted by molar-refractivity contribution is -0.139. The maximum atomic E-state index is 13.7. The minimum Gasteiger partial charge on any atom is -0.480 e. The molecule has 5 nitrogen and oxygen atoms in total. The average Bonchev–Trinajstić information content (AvgIpc) is 2.37. The number of rotatable bonds is 7. The molecule has 0 aliphatic carbocycles. The lowest BCUT2D eigenvalue weighted by atomic mass is 10.2. The fraction of sp³-hybridized carbons (Fsp3) is 0.364. The zero-order valence-corrected chi connectivity index (χ0v) is 12.9. The molecule has 0 unspecified atom stereocenters. The quantitative estimate of drug-likeness (QED) is 0.792. The van der Waals surface area contributed by atoms with E-state index in [-0.39, 0.29) is 11.4 Å². The van der Waals surface area contributed by atoms with Crippen LogP contribution in [0.5, 0.6) is 0 Å². The van der Waals surface area contributed by atoms with Gasteiger partial charge in [-0.25, -0.2) is 12.8 Å². The van der Waals surface area contributed by atoms with Gasteiger partial charge in [-0.3, -0.25) is 4.79 Å². The Kier molecular flexibility index (Phi) is 6.25. The number of benzene rings is 1. The molecule has 0 amide bonds. The maximum absolute atomic E-state index is 13.7. The van der Waals surface area contributed by atoms with Gasteiger partial charge in [0, 0.05) is 0 Å². The molecule has 0 fully saturated rings. The topological polar surface area (TPSA) is 83.5 Å². The molecule has 112 valence electrons. The maximum Gasteiger partial charge on any atom is 0.321 e. The first kappa shape index (κ1) is 17.2. The van der Waals surface area contributed by atoms with Gasteiger partial charge in [0.15, 0.2) is 5.82 Å². The normalized spacial score (nSPS) is 13.2. The highest BCUT2D eigenvalue weighted by Crippen LogP contribution is 2.22. The highest BCUT2D eigenvalue weighted by molar-refractivity contribution is 7.98. The number of carboxylic acid groups (broad SMARTS) is 1. The van der Waals surface area contributed by atoms with Crippen molar-refractivity contribution in [3.05, 3.63) is 29.0 Å². The standard InChI is InChI=1S/C11H13ClFNO4S2/c1-19-6-5-8(11(15)16)14-20(17,18)9-4-2-3-7(12)10(9)13/h2-4,8,14H,5-6H2,1H3,(H,15,16)/t8-/m0/s1. The van der Waals surface area contributed by atoms with Crippen LogP contribution in [0.4, 0.5) is 4.39 Å². The molecule has 0 bridgehead atoms. The van der Waals surface area contributed by atoms with Crippen molar-refractivity contribution in [2.24, 2.45) is 0 Å². The number of hydrogen-bond donors (Lipinski definition) is 2. The summed E-state index contributed by atoms with van der Waals surface area (Å²) in [5, 5.41) is 8.63. The van der Waals surface area contributed by atoms with Crippen LogP contribution in [0.3, 0.4) is 0 Å². The summed E-state index contributed by atoms with van der Waals surface area (Å²) in [6.45, 7) is 0. The molecule has 20 heavy (non-hydrogen) atoms. The predicted octanol–water partition coefficient (Wildman–Crippen LogP) is 1.96. The molecule has 1 atom stereocenters. The van der Waals surface area contributed by atoms with Gasteiger partial charge in [-0.1, -0.05) is 17.7 Å². The Labute approximate surface area is 125 Å². The molecule has 0 heterocycles. The minimum absolute atomic E-state index is 0.0952. The zero-order valence-electron chi connectivity index (χ0n) is 10.5. The van der Waals surface area contributed by atoms with E-state index in [2.05, 4.69) is 0 Å². The van der Waals surface area contributed by atoms with E-state index in [1.807, 2.05) is 4.72 Å². The van der Waals surface area contributed by atoms with Crippen LogP contribution < -0.4 is 4.72 Å². The van der Waals surface area contributed by atoms with Crippen LogP contribution in [0.1, 0.15) is 6.42 Å². The number of thioether (sulfide) groups is 1. The van der Waals surface area contributed by atoms with Crippen LogP contribution in [-0.2, 0) is 14.8 Å². The molecule has 0 aromatic heterocycles. The van der Waals surface area contributed by atoms with Crippen LogP contribution >= 0.6 is 23.4 Å². The molecule has 0 radical (unpaired) electrons. The van der Waals surface area contributed by atoms with Crippen molar-refractivity contribution in [2.75, 3.05) is 12.0 Å². The molecular weight excluding hydrogens is 329 g/mol. The van der Waals surface area contributed by atoms with Crippen molar-refractivity contribution in [3.8, 4) is 0 Å². The molecule has 9 heteroatoms. The number of nitrogens with one attached hydrogen (secondary N) is 1. The molecule has 1 aromatic rings. The summed E-state index contributed by atoms with van der Waals surface area (Å²) in [4.78, 5) is 10.3. The van der Waals surface area contributed by atoms with Gasteiger partial charge in [0.2, 0.25) is 10.0 Å². The number of halogens is 2. The summed E-state index contributed by atoms with van der Waals surface area (Å²) in [6, 6.07) is 2.19. The molecule has 0 aliphatic rings. The van der Waals surface area contributed by atoms with Crippen LogP contribution in [0.15, 0.2) is 23.1 Å². The van der Waals surface area contributed by atoms with Crippen LogP contribution in [0, 0.1) is 5.82 Å². The summed E-state index contributed by atoms with van der Waals surface area (Å²) in [5.74, 6) is -1.96. The number of aliphatic carboxylic acids is 1. The lowest BCUT2D eigenvalue weighted by Crippen LogP contribution is -2.41. The molecular formula is C11H13ClFNO4S2. The van der Waals surface area contributed by atoms with E-state index in [1.54, 1.807) is 6.26 Å². The van der Waals surface area contributed by atoms with Gasteiger partial charge in [-0.15, -0.1) is 0 Å². The summed E-state index contributed by atoms with van der Waals surface area (Å²) >= 11 is 6.90. The van der Waals surface area contributed by atoms with E-state index in [1.165, 1.54) is 23.9 Å². The van der Waals surface area contributed by atoms with Gasteiger partial charge in [-0.05, 0) is 30.6 Å². The number of carboxylic acids is 1. The van der Waals surface area contributed by atoms with Gasteiger partial charge in [0.25, 0.3) is 0 Å². The second-order valence-corrected chi connectivity index (χ2v) is 6.92. The first-order chi connectivity index (χ1) is 9.29. The highest BCUT2D eigenvalue weighted by atomic mass is 35.5. The van der Waals surface area contributed by atoms with Crippen LogP contribution in [-0.4, -0.2) is 37.5 Å². The second-order valence-electron chi connectivity index (χ2n) is 3.85. The van der Waals surface area contributed by atoms with E-state index >= 15 is 0 Å². The lowest BCUT2D eigenvalue weighted by Gasteiger charge is -2.14. The van der Waals surface area contributed by atoms with E-state index < -0.39 is 32.7 Å². The van der Waals surface area contributed by atoms with E-state index in [0.29, 0.717) is 5.75 Å². The Hall–Kier alpha value is -0.830. The van der Waals surface area contributed by atoms with E-state index in [9.17, 15) is 17.6 Å². The van der Waals surface area contributed by atoms with Crippen LogP contribution in [0.2, 0.25) is 5.02 Å². The summed E-state index contributed by atoms with van der Waals surface area (Å²) in [5.41, 5.74) is 0. The number of hydrogen-bond acceptors (Lipinski definition) is 4. The van der Waals surface area contributed by atoms with Crippen molar-refractivity contribution in [1.82, 2.24) is 4.72 Å². The smallest absolute Gasteiger partial charge is 0.321 e. The van der Waals surface area contributed by atoms with Crippen molar-refractivity contribution in [2.45, 2.75) is 17.4 Å². The molecule has 1 aromatic carbocycles.